The summed E-state index contributed by atoms with van der Waals surface area (Å²) in [4.78, 5) is 11.5. The van der Waals surface area contributed by atoms with E-state index in [2.05, 4.69) is 5.32 Å². The van der Waals surface area contributed by atoms with Gasteiger partial charge in [0.05, 0.1) is 12.2 Å². The summed E-state index contributed by atoms with van der Waals surface area (Å²) in [6.45, 7) is 3.49. The third-order valence-corrected chi connectivity index (χ3v) is 2.59. The second-order valence-electron chi connectivity index (χ2n) is 4.05. The third kappa shape index (κ3) is 4.11. The van der Waals surface area contributed by atoms with Crippen LogP contribution < -0.4 is 5.32 Å². The number of rotatable bonds is 5. The summed E-state index contributed by atoms with van der Waals surface area (Å²) in [6, 6.07) is 1.72. The summed E-state index contributed by atoms with van der Waals surface area (Å²) in [6.07, 6.45) is -4.45. The van der Waals surface area contributed by atoms with Crippen molar-refractivity contribution in [2.45, 2.75) is 32.5 Å². The second kappa shape index (κ2) is 6.58. The van der Waals surface area contributed by atoms with Crippen molar-refractivity contribution >= 4 is 11.7 Å². The van der Waals surface area contributed by atoms with Gasteiger partial charge < -0.3 is 10.1 Å². The minimum Gasteiger partial charge on any atom is -0.464 e. The molecular formula is C13H15F4NO2. The van der Waals surface area contributed by atoms with E-state index < -0.39 is 29.6 Å². The first-order valence-corrected chi connectivity index (χ1v) is 6.09. The van der Waals surface area contributed by atoms with Crippen molar-refractivity contribution < 1.29 is 27.1 Å². The number of carbonyl (C=O) groups excluding carboxylic acids is 1. The fraction of sp³-hybridized carbons (Fsp3) is 0.462. The average molecular weight is 293 g/mol. The van der Waals surface area contributed by atoms with E-state index in [1.54, 1.807) is 13.8 Å². The lowest BCUT2D eigenvalue weighted by Crippen LogP contribution is -2.30. The molecular weight excluding hydrogens is 278 g/mol. The van der Waals surface area contributed by atoms with Crippen LogP contribution in [-0.4, -0.2) is 18.6 Å². The highest BCUT2D eigenvalue weighted by Crippen LogP contribution is 2.33. The van der Waals surface area contributed by atoms with Crippen molar-refractivity contribution in [3.63, 3.8) is 0 Å². The molecule has 0 saturated heterocycles. The molecule has 0 aliphatic carbocycles. The number of anilines is 1. The number of ether oxygens (including phenoxy) is 1. The summed E-state index contributed by atoms with van der Waals surface area (Å²) in [5.74, 6) is -1.92. The van der Waals surface area contributed by atoms with E-state index in [1.165, 1.54) is 0 Å². The summed E-state index contributed by atoms with van der Waals surface area (Å²) in [7, 11) is 0. The molecule has 0 radical (unpaired) electrons. The number of esters is 1. The normalized spacial score (nSPS) is 12.9. The number of hydrogen-bond acceptors (Lipinski definition) is 3. The molecule has 0 heterocycles. The third-order valence-electron chi connectivity index (χ3n) is 2.59. The predicted octanol–water partition coefficient (Wildman–Crippen LogP) is 3.60. The van der Waals surface area contributed by atoms with Crippen LogP contribution in [0.25, 0.3) is 0 Å². The van der Waals surface area contributed by atoms with Gasteiger partial charge in [-0.3, -0.25) is 0 Å². The van der Waals surface area contributed by atoms with E-state index in [9.17, 15) is 22.4 Å². The van der Waals surface area contributed by atoms with E-state index in [1.807, 2.05) is 0 Å². The topological polar surface area (TPSA) is 38.3 Å². The molecule has 1 rings (SSSR count). The highest BCUT2D eigenvalue weighted by molar-refractivity contribution is 5.79. The summed E-state index contributed by atoms with van der Waals surface area (Å²) >= 11 is 0. The Labute approximate surface area is 113 Å². The summed E-state index contributed by atoms with van der Waals surface area (Å²) < 4.78 is 55.6. The van der Waals surface area contributed by atoms with Crippen LogP contribution in [0.5, 0.6) is 0 Å². The Morgan fingerprint density at radius 1 is 1.35 bits per heavy atom. The molecule has 112 valence electrons. The zero-order valence-electron chi connectivity index (χ0n) is 11.1. The largest absolute Gasteiger partial charge is 0.464 e. The van der Waals surface area contributed by atoms with Crippen molar-refractivity contribution in [1.82, 2.24) is 0 Å². The molecule has 0 bridgehead atoms. The molecule has 0 saturated carbocycles. The molecule has 0 amide bonds. The van der Waals surface area contributed by atoms with Crippen LogP contribution in [0.4, 0.5) is 23.2 Å². The Morgan fingerprint density at radius 3 is 2.50 bits per heavy atom. The Kier molecular flexibility index (Phi) is 5.35. The Balaban J connectivity index is 2.95. The lowest BCUT2D eigenvalue weighted by atomic mass is 10.1. The lowest BCUT2D eigenvalue weighted by Gasteiger charge is -2.18. The van der Waals surface area contributed by atoms with Gasteiger partial charge in [0.1, 0.15) is 11.9 Å². The van der Waals surface area contributed by atoms with E-state index in [0.717, 1.165) is 6.07 Å². The number of hydrogen-bond donors (Lipinski definition) is 1. The molecule has 0 spiro atoms. The van der Waals surface area contributed by atoms with Gasteiger partial charge in [-0.25, -0.2) is 9.18 Å². The molecule has 1 atom stereocenters. The molecule has 1 aromatic carbocycles. The van der Waals surface area contributed by atoms with Gasteiger partial charge in [-0.2, -0.15) is 13.2 Å². The maximum absolute atomic E-state index is 13.1. The monoisotopic (exact) mass is 293 g/mol. The zero-order chi connectivity index (χ0) is 15.3. The van der Waals surface area contributed by atoms with Crippen LogP contribution in [0.1, 0.15) is 25.8 Å². The molecule has 7 heteroatoms. The molecule has 1 unspecified atom stereocenters. The number of alkyl halides is 3. The van der Waals surface area contributed by atoms with Gasteiger partial charge in [-0.05, 0) is 31.5 Å². The van der Waals surface area contributed by atoms with Crippen molar-refractivity contribution in [2.24, 2.45) is 0 Å². The van der Waals surface area contributed by atoms with Gasteiger partial charge in [0.2, 0.25) is 0 Å². The van der Waals surface area contributed by atoms with Gasteiger partial charge in [0.15, 0.2) is 0 Å². The van der Waals surface area contributed by atoms with Gasteiger partial charge in [0, 0.05) is 5.69 Å². The Bertz CT molecular complexity index is 474. The van der Waals surface area contributed by atoms with Gasteiger partial charge >= 0.3 is 12.1 Å². The van der Waals surface area contributed by atoms with E-state index in [4.69, 9.17) is 4.74 Å². The van der Waals surface area contributed by atoms with Crippen LogP contribution in [0.3, 0.4) is 0 Å². The van der Waals surface area contributed by atoms with Crippen molar-refractivity contribution in [3.8, 4) is 0 Å². The number of benzene rings is 1. The van der Waals surface area contributed by atoms with Gasteiger partial charge in [-0.1, -0.05) is 6.92 Å². The smallest absolute Gasteiger partial charge is 0.419 e. The van der Waals surface area contributed by atoms with E-state index in [-0.39, 0.29) is 12.3 Å². The van der Waals surface area contributed by atoms with Crippen LogP contribution in [0, 0.1) is 5.82 Å². The molecule has 20 heavy (non-hydrogen) atoms. The van der Waals surface area contributed by atoms with Crippen LogP contribution in [-0.2, 0) is 15.7 Å². The van der Waals surface area contributed by atoms with Gasteiger partial charge in [-0.15, -0.1) is 0 Å². The second-order valence-corrected chi connectivity index (χ2v) is 4.05. The fourth-order valence-corrected chi connectivity index (χ4v) is 1.60. The first-order chi connectivity index (χ1) is 9.29. The minimum atomic E-state index is -4.78. The van der Waals surface area contributed by atoms with E-state index in [0.29, 0.717) is 18.6 Å². The molecule has 3 nitrogen and oxygen atoms in total. The molecule has 0 aliphatic rings. The zero-order valence-corrected chi connectivity index (χ0v) is 11.1. The highest BCUT2D eigenvalue weighted by Gasteiger charge is 2.34. The fourth-order valence-electron chi connectivity index (χ4n) is 1.60. The quantitative estimate of drug-likeness (QED) is 0.666. The molecule has 1 aromatic rings. The lowest BCUT2D eigenvalue weighted by molar-refractivity contribution is -0.144. The van der Waals surface area contributed by atoms with Crippen LogP contribution >= 0.6 is 0 Å². The standard InChI is InChI=1S/C13H15F4NO2/c1-3-11(12(19)20-4-2)18-8-5-6-10(14)9(7-8)13(15,16)17/h5-7,11,18H,3-4H2,1-2H3. The first kappa shape index (κ1) is 16.3. The maximum atomic E-state index is 13.1. The molecule has 1 N–H and O–H groups in total. The summed E-state index contributed by atoms with van der Waals surface area (Å²) in [5.41, 5.74) is -1.36. The number of nitrogens with one attached hydrogen (secondary N) is 1. The van der Waals surface area contributed by atoms with Crippen molar-refractivity contribution in [1.29, 1.82) is 0 Å². The van der Waals surface area contributed by atoms with E-state index >= 15 is 0 Å². The summed E-state index contributed by atoms with van der Waals surface area (Å²) in [5, 5.41) is 2.61. The maximum Gasteiger partial charge on any atom is 0.419 e. The average Bonchev–Trinajstić information content (AvgIpc) is 2.36. The Morgan fingerprint density at radius 2 is 2.00 bits per heavy atom. The molecule has 0 aliphatic heterocycles. The highest BCUT2D eigenvalue weighted by atomic mass is 19.4. The van der Waals surface area contributed by atoms with Crippen LogP contribution in [0.15, 0.2) is 18.2 Å². The predicted molar refractivity (Wildman–Crippen MR) is 65.7 cm³/mol. The molecule has 0 aromatic heterocycles. The first-order valence-electron chi connectivity index (χ1n) is 6.09. The molecule has 0 fully saturated rings. The van der Waals surface area contributed by atoms with Crippen LogP contribution in [0.2, 0.25) is 0 Å². The van der Waals surface area contributed by atoms with Gasteiger partial charge in [0.25, 0.3) is 0 Å². The SMILES string of the molecule is CCOC(=O)C(CC)Nc1ccc(F)c(C(F)(F)F)c1. The number of halogens is 4. The number of carbonyl (C=O) groups is 1. The van der Waals surface area contributed by atoms with Crippen molar-refractivity contribution in [2.75, 3.05) is 11.9 Å². The Hall–Kier alpha value is -1.79. The minimum absolute atomic E-state index is 0.0126. The van der Waals surface area contributed by atoms with Crippen molar-refractivity contribution in [3.05, 3.63) is 29.6 Å².